The summed E-state index contributed by atoms with van der Waals surface area (Å²) in [6.45, 7) is 5.55. The molecule has 0 saturated heterocycles. The van der Waals surface area contributed by atoms with Crippen molar-refractivity contribution in [1.29, 1.82) is 0 Å². The van der Waals surface area contributed by atoms with Crippen LogP contribution in [0.2, 0.25) is 0 Å². The Labute approximate surface area is 132 Å². The van der Waals surface area contributed by atoms with Gasteiger partial charge in [-0.2, -0.15) is 5.10 Å². The van der Waals surface area contributed by atoms with Crippen LogP contribution in [-0.2, 0) is 16.1 Å². The summed E-state index contributed by atoms with van der Waals surface area (Å²) in [6.07, 6.45) is 1.54. The first-order valence-corrected chi connectivity index (χ1v) is 7.50. The van der Waals surface area contributed by atoms with E-state index in [0.29, 0.717) is 35.8 Å². The van der Waals surface area contributed by atoms with E-state index < -0.39 is 0 Å². The van der Waals surface area contributed by atoms with Gasteiger partial charge in [-0.3, -0.25) is 9.59 Å². The average Bonchev–Trinajstić information content (AvgIpc) is 2.43. The number of halogens is 1. The molecule has 0 unspecified atom stereocenters. The van der Waals surface area contributed by atoms with E-state index >= 15 is 0 Å². The molecular formula is C13H21BrN4O3. The molecule has 0 fully saturated rings. The van der Waals surface area contributed by atoms with Crippen molar-refractivity contribution in [2.24, 2.45) is 5.92 Å². The van der Waals surface area contributed by atoms with Gasteiger partial charge < -0.3 is 15.4 Å². The van der Waals surface area contributed by atoms with Gasteiger partial charge in [-0.05, 0) is 21.8 Å². The number of nitrogens with zero attached hydrogens (tertiary/aromatic N) is 2. The third kappa shape index (κ3) is 5.84. The van der Waals surface area contributed by atoms with Crippen molar-refractivity contribution in [2.45, 2.75) is 20.4 Å². The highest BCUT2D eigenvalue weighted by atomic mass is 79.9. The number of hydrogen-bond acceptors (Lipinski definition) is 5. The van der Waals surface area contributed by atoms with Crippen molar-refractivity contribution in [3.63, 3.8) is 0 Å². The Hall–Kier alpha value is -1.41. The van der Waals surface area contributed by atoms with E-state index in [1.54, 1.807) is 7.11 Å². The van der Waals surface area contributed by atoms with Gasteiger partial charge in [-0.25, -0.2) is 4.68 Å². The van der Waals surface area contributed by atoms with Crippen molar-refractivity contribution in [3.05, 3.63) is 21.0 Å². The minimum atomic E-state index is -0.214. The van der Waals surface area contributed by atoms with Gasteiger partial charge in [0, 0.05) is 20.2 Å². The van der Waals surface area contributed by atoms with Crippen molar-refractivity contribution in [2.75, 3.05) is 32.1 Å². The lowest BCUT2D eigenvalue weighted by Gasteiger charge is -2.11. The smallest absolute Gasteiger partial charge is 0.283 e. The quantitative estimate of drug-likeness (QED) is 0.671. The average molecular weight is 361 g/mol. The zero-order chi connectivity index (χ0) is 15.8. The normalized spacial score (nSPS) is 10.7. The Kier molecular flexibility index (Phi) is 7.38. The van der Waals surface area contributed by atoms with Gasteiger partial charge in [0.15, 0.2) is 0 Å². The molecule has 0 aliphatic heterocycles. The molecule has 0 aliphatic carbocycles. The molecule has 118 valence electrons. The summed E-state index contributed by atoms with van der Waals surface area (Å²) >= 11 is 3.25. The van der Waals surface area contributed by atoms with Crippen molar-refractivity contribution in [3.8, 4) is 0 Å². The van der Waals surface area contributed by atoms with Crippen LogP contribution < -0.4 is 16.2 Å². The van der Waals surface area contributed by atoms with E-state index in [2.05, 4.69) is 31.7 Å². The van der Waals surface area contributed by atoms with Crippen LogP contribution >= 0.6 is 15.9 Å². The molecule has 0 aromatic carbocycles. The number of carbonyl (C=O) groups is 1. The molecule has 8 heteroatoms. The van der Waals surface area contributed by atoms with Crippen LogP contribution in [0, 0.1) is 5.92 Å². The fraction of sp³-hybridized carbons (Fsp3) is 0.615. The molecule has 1 rings (SSSR count). The van der Waals surface area contributed by atoms with Crippen molar-refractivity contribution >= 4 is 27.5 Å². The maximum Gasteiger partial charge on any atom is 0.283 e. The Bertz CT molecular complexity index is 531. The van der Waals surface area contributed by atoms with E-state index in [1.165, 1.54) is 10.9 Å². The number of hydrogen-bond donors (Lipinski definition) is 2. The topological polar surface area (TPSA) is 85.2 Å². The van der Waals surface area contributed by atoms with Crippen molar-refractivity contribution < 1.29 is 9.53 Å². The third-order valence-corrected chi connectivity index (χ3v) is 3.36. The molecular weight excluding hydrogens is 340 g/mol. The molecule has 0 radical (unpaired) electrons. The van der Waals surface area contributed by atoms with Crippen LogP contribution in [0.15, 0.2) is 15.5 Å². The summed E-state index contributed by atoms with van der Waals surface area (Å²) in [6, 6.07) is 0. The Morgan fingerprint density at radius 2 is 2.24 bits per heavy atom. The summed E-state index contributed by atoms with van der Waals surface area (Å²) in [4.78, 5) is 23.6. The Morgan fingerprint density at radius 1 is 1.52 bits per heavy atom. The fourth-order valence-electron chi connectivity index (χ4n) is 1.59. The van der Waals surface area contributed by atoms with Crippen LogP contribution in [-0.4, -0.2) is 42.5 Å². The monoisotopic (exact) mass is 360 g/mol. The molecule has 0 spiro atoms. The minimum Gasteiger partial charge on any atom is -0.383 e. The van der Waals surface area contributed by atoms with Crippen LogP contribution in [0.5, 0.6) is 0 Å². The molecule has 1 heterocycles. The van der Waals surface area contributed by atoms with Gasteiger partial charge >= 0.3 is 0 Å². The molecule has 21 heavy (non-hydrogen) atoms. The highest BCUT2D eigenvalue weighted by Crippen LogP contribution is 2.15. The van der Waals surface area contributed by atoms with Gasteiger partial charge in [0.1, 0.15) is 4.47 Å². The molecule has 0 saturated carbocycles. The highest BCUT2D eigenvalue weighted by Gasteiger charge is 2.10. The zero-order valence-corrected chi connectivity index (χ0v) is 14.1. The van der Waals surface area contributed by atoms with E-state index in [0.717, 1.165) is 0 Å². The lowest BCUT2D eigenvalue weighted by molar-refractivity contribution is -0.119. The lowest BCUT2D eigenvalue weighted by Crippen LogP contribution is -2.33. The minimum absolute atomic E-state index is 0.0671. The standard InChI is InChI=1S/C13H21BrN4O3/c1-9(2)8-18-13(20)12(14)10(6-17-18)16-7-11(19)15-4-5-21-3/h6,9,16H,4-5,7-8H2,1-3H3,(H,15,19). The van der Waals surface area contributed by atoms with E-state index in [9.17, 15) is 9.59 Å². The molecule has 2 N–H and O–H groups in total. The van der Waals surface area contributed by atoms with Gasteiger partial charge in [0.2, 0.25) is 5.91 Å². The fourth-order valence-corrected chi connectivity index (χ4v) is 2.04. The van der Waals surface area contributed by atoms with Crippen LogP contribution in [0.4, 0.5) is 5.69 Å². The first-order valence-electron chi connectivity index (χ1n) is 6.70. The van der Waals surface area contributed by atoms with Crippen LogP contribution in [0.3, 0.4) is 0 Å². The molecule has 1 aromatic heterocycles. The summed E-state index contributed by atoms with van der Waals surface area (Å²) in [7, 11) is 1.57. The number of methoxy groups -OCH3 is 1. The number of amides is 1. The van der Waals surface area contributed by atoms with E-state index in [-0.39, 0.29) is 18.0 Å². The second kappa shape index (κ2) is 8.78. The number of anilines is 1. The van der Waals surface area contributed by atoms with Crippen molar-refractivity contribution in [1.82, 2.24) is 15.1 Å². The molecule has 7 nitrogen and oxygen atoms in total. The first kappa shape index (κ1) is 17.6. The predicted molar refractivity (Wildman–Crippen MR) is 84.4 cm³/mol. The maximum atomic E-state index is 12.1. The second-order valence-electron chi connectivity index (χ2n) is 4.95. The SMILES string of the molecule is COCCNC(=O)CNc1cnn(CC(C)C)c(=O)c1Br. The van der Waals surface area contributed by atoms with Gasteiger partial charge in [0.25, 0.3) is 5.56 Å². The highest BCUT2D eigenvalue weighted by molar-refractivity contribution is 9.10. The summed E-state index contributed by atoms with van der Waals surface area (Å²) in [5, 5.41) is 9.66. The summed E-state index contributed by atoms with van der Waals surface area (Å²) in [5.74, 6) is 0.151. The molecule has 0 atom stereocenters. The number of rotatable bonds is 8. The van der Waals surface area contributed by atoms with Crippen LogP contribution in [0.25, 0.3) is 0 Å². The van der Waals surface area contributed by atoms with Crippen LogP contribution in [0.1, 0.15) is 13.8 Å². The Morgan fingerprint density at radius 3 is 2.86 bits per heavy atom. The number of carbonyl (C=O) groups excluding carboxylic acids is 1. The predicted octanol–water partition coefficient (Wildman–Crippen LogP) is 0.836. The largest absolute Gasteiger partial charge is 0.383 e. The van der Waals surface area contributed by atoms with Gasteiger partial charge in [0.05, 0.1) is 25.0 Å². The molecule has 1 amide bonds. The van der Waals surface area contributed by atoms with Gasteiger partial charge in [-0.1, -0.05) is 13.8 Å². The zero-order valence-electron chi connectivity index (χ0n) is 12.5. The number of aromatic nitrogens is 2. The summed E-state index contributed by atoms with van der Waals surface area (Å²) < 4.78 is 6.62. The number of nitrogens with one attached hydrogen (secondary N) is 2. The maximum absolute atomic E-state index is 12.1. The second-order valence-corrected chi connectivity index (χ2v) is 5.74. The van der Waals surface area contributed by atoms with E-state index in [1.807, 2.05) is 13.8 Å². The molecule has 0 aliphatic rings. The lowest BCUT2D eigenvalue weighted by atomic mass is 10.2. The summed E-state index contributed by atoms with van der Waals surface area (Å²) in [5.41, 5.74) is 0.287. The Balaban J connectivity index is 2.62. The molecule has 1 aromatic rings. The number of ether oxygens (including phenoxy) is 1. The first-order chi connectivity index (χ1) is 9.95. The molecule has 0 bridgehead atoms. The van der Waals surface area contributed by atoms with Gasteiger partial charge in [-0.15, -0.1) is 0 Å². The third-order valence-electron chi connectivity index (χ3n) is 2.59. The van der Waals surface area contributed by atoms with E-state index in [4.69, 9.17) is 4.74 Å².